The topological polar surface area (TPSA) is 73.0 Å². The zero-order chi connectivity index (χ0) is 21.8. The third-order valence-corrected chi connectivity index (χ3v) is 8.12. The number of nitrogens with one attached hydrogen (secondary N) is 1. The summed E-state index contributed by atoms with van der Waals surface area (Å²) in [5.74, 6) is -0.219. The van der Waals surface area contributed by atoms with Crippen molar-refractivity contribution in [1.82, 2.24) is 9.21 Å². The van der Waals surface area contributed by atoms with Crippen LogP contribution in [-0.4, -0.2) is 69.8 Å². The zero-order valence-corrected chi connectivity index (χ0v) is 18.7. The van der Waals surface area contributed by atoms with E-state index < -0.39 is 10.0 Å². The molecule has 0 aromatic heterocycles. The molecule has 8 heteroatoms. The van der Waals surface area contributed by atoms with Crippen molar-refractivity contribution < 1.29 is 13.2 Å². The van der Waals surface area contributed by atoms with Gasteiger partial charge in [0.25, 0.3) is 0 Å². The molecule has 2 aliphatic rings. The van der Waals surface area contributed by atoms with Gasteiger partial charge in [-0.2, -0.15) is 4.31 Å². The number of nitrogens with zero attached hydrogens (tertiary/aromatic N) is 3. The highest BCUT2D eigenvalue weighted by atomic mass is 32.2. The number of hydrogen-bond acceptors (Lipinski definition) is 5. The normalized spacial score (nSPS) is 19.3. The van der Waals surface area contributed by atoms with E-state index >= 15 is 0 Å². The van der Waals surface area contributed by atoms with Crippen LogP contribution in [-0.2, 0) is 14.8 Å². The van der Waals surface area contributed by atoms with Crippen molar-refractivity contribution >= 4 is 27.3 Å². The molecule has 0 spiro atoms. The van der Waals surface area contributed by atoms with Gasteiger partial charge in [0.1, 0.15) is 0 Å². The Labute approximate surface area is 184 Å². The molecule has 2 aromatic carbocycles. The van der Waals surface area contributed by atoms with Crippen LogP contribution in [0.2, 0.25) is 0 Å². The average Bonchev–Trinajstić information content (AvgIpc) is 2.81. The second-order valence-electron chi connectivity index (χ2n) is 8.32. The van der Waals surface area contributed by atoms with Gasteiger partial charge in [0, 0.05) is 56.6 Å². The largest absolute Gasteiger partial charge is 0.369 e. The summed E-state index contributed by atoms with van der Waals surface area (Å²) < 4.78 is 27.0. The van der Waals surface area contributed by atoms with Gasteiger partial charge in [-0.05, 0) is 56.3 Å². The highest BCUT2D eigenvalue weighted by Crippen LogP contribution is 2.25. The molecule has 2 aromatic rings. The summed E-state index contributed by atoms with van der Waals surface area (Å²) in [4.78, 5) is 17.7. The molecule has 1 N–H and O–H groups in total. The minimum atomic E-state index is -3.50. The lowest BCUT2D eigenvalue weighted by atomic mass is 9.97. The Kier molecular flexibility index (Phi) is 6.60. The summed E-state index contributed by atoms with van der Waals surface area (Å²) in [6, 6.07) is 16.5. The van der Waals surface area contributed by atoms with E-state index in [1.165, 1.54) is 9.99 Å². The standard InChI is InChI=1S/C23H30N4O3S/c1-25-15-17-26(18-16-25)21-9-7-20(8-10-21)24-23(28)19-11-13-27(14-12-19)31(29,30)22-5-3-2-4-6-22/h2-10,19H,11-18H2,1H3,(H,24,28). The van der Waals surface area contributed by atoms with Crippen molar-refractivity contribution in [3.63, 3.8) is 0 Å². The van der Waals surface area contributed by atoms with E-state index in [0.29, 0.717) is 30.8 Å². The molecule has 0 radical (unpaired) electrons. The monoisotopic (exact) mass is 442 g/mol. The number of likely N-dealkylation sites (N-methyl/N-ethyl adjacent to an activating group) is 1. The zero-order valence-electron chi connectivity index (χ0n) is 17.9. The highest BCUT2D eigenvalue weighted by Gasteiger charge is 2.32. The molecule has 7 nitrogen and oxygen atoms in total. The fraction of sp³-hybridized carbons (Fsp3) is 0.435. The number of amides is 1. The summed E-state index contributed by atoms with van der Waals surface area (Å²) in [5.41, 5.74) is 1.95. The van der Waals surface area contributed by atoms with Crippen LogP contribution in [0.25, 0.3) is 0 Å². The quantitative estimate of drug-likeness (QED) is 0.770. The van der Waals surface area contributed by atoms with Crippen LogP contribution in [0, 0.1) is 5.92 Å². The van der Waals surface area contributed by atoms with Crippen molar-refractivity contribution in [3.05, 3.63) is 54.6 Å². The maximum atomic E-state index is 12.8. The number of benzene rings is 2. The maximum Gasteiger partial charge on any atom is 0.243 e. The van der Waals surface area contributed by atoms with Crippen molar-refractivity contribution in [3.8, 4) is 0 Å². The molecule has 0 saturated carbocycles. The molecule has 0 atom stereocenters. The third kappa shape index (κ3) is 5.08. The lowest BCUT2D eigenvalue weighted by Crippen LogP contribution is -2.44. The van der Waals surface area contributed by atoms with Crippen molar-refractivity contribution in [2.24, 2.45) is 5.92 Å². The second kappa shape index (κ2) is 9.38. The summed E-state index contributed by atoms with van der Waals surface area (Å²) in [6.45, 7) is 4.84. The Bertz CT molecular complexity index is 979. The molecular formula is C23H30N4O3S. The Morgan fingerprint density at radius 1 is 0.871 bits per heavy atom. The Hall–Kier alpha value is -2.42. The van der Waals surface area contributed by atoms with Crippen LogP contribution >= 0.6 is 0 Å². The minimum absolute atomic E-state index is 0.0379. The fourth-order valence-corrected chi connectivity index (χ4v) is 5.66. The molecule has 0 unspecified atom stereocenters. The molecule has 166 valence electrons. The number of piperazine rings is 1. The molecular weight excluding hydrogens is 412 g/mol. The molecule has 2 heterocycles. The van der Waals surface area contributed by atoms with E-state index in [-0.39, 0.29) is 11.8 Å². The van der Waals surface area contributed by atoms with Gasteiger partial charge in [0.05, 0.1) is 4.90 Å². The Morgan fingerprint density at radius 3 is 2.10 bits per heavy atom. The lowest BCUT2D eigenvalue weighted by Gasteiger charge is -2.34. The van der Waals surface area contributed by atoms with Gasteiger partial charge < -0.3 is 15.1 Å². The molecule has 0 aliphatic carbocycles. The molecule has 4 rings (SSSR count). The fourth-order valence-electron chi connectivity index (χ4n) is 4.16. The first-order valence-corrected chi connectivity index (χ1v) is 12.3. The van der Waals surface area contributed by atoms with E-state index in [9.17, 15) is 13.2 Å². The number of piperidine rings is 1. The van der Waals surface area contributed by atoms with Crippen molar-refractivity contribution in [2.45, 2.75) is 17.7 Å². The van der Waals surface area contributed by atoms with E-state index in [2.05, 4.69) is 34.3 Å². The van der Waals surface area contributed by atoms with E-state index in [1.807, 2.05) is 12.1 Å². The molecule has 2 saturated heterocycles. The lowest BCUT2D eigenvalue weighted by molar-refractivity contribution is -0.120. The van der Waals surface area contributed by atoms with Crippen LogP contribution in [0.3, 0.4) is 0 Å². The first-order chi connectivity index (χ1) is 14.9. The summed E-state index contributed by atoms with van der Waals surface area (Å²) in [5, 5.41) is 3.00. The Balaban J connectivity index is 1.30. The summed E-state index contributed by atoms with van der Waals surface area (Å²) >= 11 is 0. The van der Waals surface area contributed by atoms with Gasteiger partial charge in [-0.15, -0.1) is 0 Å². The van der Waals surface area contributed by atoms with Crippen LogP contribution in [0.5, 0.6) is 0 Å². The van der Waals surface area contributed by atoms with Gasteiger partial charge >= 0.3 is 0 Å². The maximum absolute atomic E-state index is 12.8. The molecule has 2 fully saturated rings. The highest BCUT2D eigenvalue weighted by molar-refractivity contribution is 7.89. The van der Waals surface area contributed by atoms with Gasteiger partial charge in [0.2, 0.25) is 15.9 Å². The number of carbonyl (C=O) groups excluding carboxylic acids is 1. The molecule has 31 heavy (non-hydrogen) atoms. The van der Waals surface area contributed by atoms with Crippen molar-refractivity contribution in [1.29, 1.82) is 0 Å². The number of anilines is 2. The smallest absolute Gasteiger partial charge is 0.243 e. The molecule has 2 aliphatic heterocycles. The number of rotatable bonds is 5. The first-order valence-electron chi connectivity index (χ1n) is 10.8. The van der Waals surface area contributed by atoms with Gasteiger partial charge in [0.15, 0.2) is 0 Å². The number of sulfonamides is 1. The first kappa shape index (κ1) is 21.8. The van der Waals surface area contributed by atoms with Gasteiger partial charge in [-0.25, -0.2) is 8.42 Å². The van der Waals surface area contributed by atoms with Crippen LogP contribution in [0.4, 0.5) is 11.4 Å². The predicted octanol–water partition coefficient (Wildman–Crippen LogP) is 2.48. The molecule has 0 bridgehead atoms. The van der Waals surface area contributed by atoms with E-state index in [4.69, 9.17) is 0 Å². The van der Waals surface area contributed by atoms with Gasteiger partial charge in [-0.1, -0.05) is 18.2 Å². The second-order valence-corrected chi connectivity index (χ2v) is 10.3. The van der Waals surface area contributed by atoms with Crippen LogP contribution < -0.4 is 10.2 Å². The van der Waals surface area contributed by atoms with Gasteiger partial charge in [-0.3, -0.25) is 4.79 Å². The minimum Gasteiger partial charge on any atom is -0.369 e. The van der Waals surface area contributed by atoms with Crippen molar-refractivity contribution in [2.75, 3.05) is 56.5 Å². The third-order valence-electron chi connectivity index (χ3n) is 6.21. The van der Waals surface area contributed by atoms with E-state index in [1.54, 1.807) is 30.3 Å². The predicted molar refractivity (Wildman–Crippen MR) is 123 cm³/mol. The van der Waals surface area contributed by atoms with E-state index in [0.717, 1.165) is 31.9 Å². The number of carbonyl (C=O) groups is 1. The van der Waals surface area contributed by atoms with Crippen LogP contribution in [0.15, 0.2) is 59.5 Å². The SMILES string of the molecule is CN1CCN(c2ccc(NC(=O)C3CCN(S(=O)(=O)c4ccccc4)CC3)cc2)CC1. The molecule has 1 amide bonds. The van der Waals surface area contributed by atoms with Crippen LogP contribution in [0.1, 0.15) is 12.8 Å². The Morgan fingerprint density at radius 2 is 1.48 bits per heavy atom. The summed E-state index contributed by atoms with van der Waals surface area (Å²) in [6.07, 6.45) is 1.05. The average molecular weight is 443 g/mol. The summed E-state index contributed by atoms with van der Waals surface area (Å²) in [7, 11) is -1.36. The number of hydrogen-bond donors (Lipinski definition) is 1.